The standard InChI is InChI=1S/C24H20N2O9/c25-23(32)19-15(28)7-10-5-9-6-13-12(16-4-1-11(35-16)8-26-34)2-3-14(27)18(13)20(29)17(9)21(30)24(10,33)22(19)31/h1-4,8-10,27,29,31,33-34H,5-7H2,(H2,25,32)/b26-8+/t9-,10+,24+/m1/s1. The van der Waals surface area contributed by atoms with Crippen LogP contribution in [0.15, 0.2) is 50.7 Å². The van der Waals surface area contributed by atoms with Crippen LogP contribution in [0, 0.1) is 11.8 Å². The third-order valence-corrected chi connectivity index (χ3v) is 7.02. The predicted octanol–water partition coefficient (Wildman–Crippen LogP) is 1.49. The normalized spacial score (nSPS) is 26.1. The molecular weight excluding hydrogens is 460 g/mol. The molecule has 1 heterocycles. The van der Waals surface area contributed by atoms with Gasteiger partial charge in [-0.05, 0) is 48.6 Å². The topological polar surface area (TPSA) is 204 Å². The van der Waals surface area contributed by atoms with E-state index in [0.29, 0.717) is 16.9 Å². The van der Waals surface area contributed by atoms with Gasteiger partial charge in [-0.25, -0.2) is 0 Å². The number of amides is 1. The number of carbonyl (C=O) groups excluding carboxylic acids is 3. The first kappa shape index (κ1) is 22.4. The van der Waals surface area contributed by atoms with Crippen molar-refractivity contribution in [3.8, 4) is 17.1 Å². The lowest BCUT2D eigenvalue weighted by molar-refractivity contribution is -0.147. The molecule has 180 valence electrons. The van der Waals surface area contributed by atoms with Crippen molar-refractivity contribution in [2.24, 2.45) is 22.7 Å². The van der Waals surface area contributed by atoms with Gasteiger partial charge in [0, 0.05) is 23.5 Å². The van der Waals surface area contributed by atoms with Gasteiger partial charge in [0.15, 0.2) is 11.4 Å². The van der Waals surface area contributed by atoms with E-state index in [0.717, 1.165) is 6.21 Å². The van der Waals surface area contributed by atoms with Gasteiger partial charge in [-0.2, -0.15) is 0 Å². The summed E-state index contributed by atoms with van der Waals surface area (Å²) < 4.78 is 5.65. The number of oxime groups is 1. The van der Waals surface area contributed by atoms with Crippen molar-refractivity contribution in [2.75, 3.05) is 0 Å². The number of nitrogens with two attached hydrogens (primary N) is 1. The number of ketones is 2. The number of rotatable bonds is 3. The highest BCUT2D eigenvalue weighted by molar-refractivity contribution is 6.22. The Hall–Kier alpha value is -4.38. The van der Waals surface area contributed by atoms with Gasteiger partial charge in [-0.15, -0.1) is 0 Å². The zero-order valence-corrected chi connectivity index (χ0v) is 18.1. The molecule has 3 aliphatic rings. The quantitative estimate of drug-likeness (QED) is 0.163. The average Bonchev–Trinajstić information content (AvgIpc) is 3.24. The molecule has 1 aromatic carbocycles. The van der Waals surface area contributed by atoms with Crippen molar-refractivity contribution >= 4 is 29.4 Å². The molecular formula is C24H20N2O9. The van der Waals surface area contributed by atoms with E-state index in [2.05, 4.69) is 5.16 Å². The van der Waals surface area contributed by atoms with E-state index in [1.165, 1.54) is 6.07 Å². The van der Waals surface area contributed by atoms with Crippen LogP contribution in [-0.4, -0.2) is 54.9 Å². The average molecular weight is 480 g/mol. The SMILES string of the molecule is NC(=O)C1=C(O)[C@@]2(O)C(=O)C3=C(O)c4c(O)ccc(-c5ccc(/C=N/O)o5)c4C[C@H]3C[C@H]2CC1=O. The lowest BCUT2D eigenvalue weighted by Crippen LogP contribution is -2.58. The van der Waals surface area contributed by atoms with Crippen molar-refractivity contribution < 1.29 is 44.4 Å². The number of aliphatic hydroxyl groups excluding tert-OH is 2. The molecule has 2 aromatic rings. The molecule has 0 spiro atoms. The summed E-state index contributed by atoms with van der Waals surface area (Å²) in [6, 6.07) is 6.05. The number of phenols is 1. The van der Waals surface area contributed by atoms with Crippen LogP contribution in [0.25, 0.3) is 17.1 Å². The first-order valence-electron chi connectivity index (χ1n) is 10.7. The van der Waals surface area contributed by atoms with Gasteiger partial charge in [-0.3, -0.25) is 14.4 Å². The molecule has 0 bridgehead atoms. The van der Waals surface area contributed by atoms with E-state index in [1.807, 2.05) is 0 Å². The fourth-order valence-corrected chi connectivity index (χ4v) is 5.48. The number of nitrogens with zero attached hydrogens (tertiary/aromatic N) is 1. The third-order valence-electron chi connectivity index (χ3n) is 7.02. The fourth-order valence-electron chi connectivity index (χ4n) is 5.48. The van der Waals surface area contributed by atoms with Crippen LogP contribution in [0.2, 0.25) is 0 Å². The first-order chi connectivity index (χ1) is 16.6. The van der Waals surface area contributed by atoms with Crippen LogP contribution in [0.5, 0.6) is 5.75 Å². The summed E-state index contributed by atoms with van der Waals surface area (Å²) in [4.78, 5) is 37.6. The predicted molar refractivity (Wildman–Crippen MR) is 118 cm³/mol. The Morgan fingerprint density at radius 3 is 2.57 bits per heavy atom. The van der Waals surface area contributed by atoms with Gasteiger partial charge in [-0.1, -0.05) is 5.16 Å². The summed E-state index contributed by atoms with van der Waals surface area (Å²) in [5.41, 5.74) is 2.45. The molecule has 1 amide bonds. The molecule has 0 aliphatic heterocycles. The molecule has 35 heavy (non-hydrogen) atoms. The Bertz CT molecular complexity index is 1410. The number of furan rings is 1. The van der Waals surface area contributed by atoms with Crippen molar-refractivity contribution in [3.05, 3.63) is 58.1 Å². The van der Waals surface area contributed by atoms with Crippen LogP contribution in [0.1, 0.15) is 29.7 Å². The van der Waals surface area contributed by atoms with Gasteiger partial charge in [0.2, 0.25) is 5.78 Å². The third kappa shape index (κ3) is 3.01. The monoisotopic (exact) mass is 480 g/mol. The summed E-state index contributed by atoms with van der Waals surface area (Å²) in [5.74, 6) is -6.24. The molecule has 11 heteroatoms. The number of aliphatic hydroxyl groups is 3. The van der Waals surface area contributed by atoms with Gasteiger partial charge in [0.1, 0.15) is 40.6 Å². The van der Waals surface area contributed by atoms with Crippen LogP contribution in [0.4, 0.5) is 0 Å². The number of carbonyl (C=O) groups is 3. The van der Waals surface area contributed by atoms with Crippen molar-refractivity contribution in [2.45, 2.75) is 24.9 Å². The number of Topliss-reactive ketones (excluding diaryl/α,β-unsaturated/α-hetero) is 2. The Kier molecular flexibility index (Phi) is 4.85. The number of aromatic hydroxyl groups is 1. The second-order valence-corrected chi connectivity index (χ2v) is 8.84. The number of hydrogen-bond acceptors (Lipinski definition) is 10. The fraction of sp³-hybridized carbons (Fsp3) is 0.250. The molecule has 0 unspecified atom stereocenters. The molecule has 5 rings (SSSR count). The largest absolute Gasteiger partial charge is 0.508 e. The minimum absolute atomic E-state index is 0.0264. The number of hydrogen-bond donors (Lipinski definition) is 6. The minimum Gasteiger partial charge on any atom is -0.508 e. The van der Waals surface area contributed by atoms with Crippen molar-refractivity contribution in [1.82, 2.24) is 0 Å². The number of phenolic OH excluding ortho intramolecular Hbond substituents is 1. The summed E-state index contributed by atoms with van der Waals surface area (Å²) in [5, 5.41) is 55.2. The van der Waals surface area contributed by atoms with Crippen molar-refractivity contribution in [3.63, 3.8) is 0 Å². The molecule has 1 saturated carbocycles. The maximum atomic E-state index is 13.5. The van der Waals surface area contributed by atoms with Crippen LogP contribution < -0.4 is 5.73 Å². The molecule has 1 aromatic heterocycles. The Labute approximate surface area is 197 Å². The first-order valence-corrected chi connectivity index (χ1v) is 10.7. The van der Waals surface area contributed by atoms with Crippen molar-refractivity contribution in [1.29, 1.82) is 0 Å². The van der Waals surface area contributed by atoms with Gasteiger partial charge in [0.05, 0.1) is 5.56 Å². The summed E-state index contributed by atoms with van der Waals surface area (Å²) in [6.45, 7) is 0. The maximum absolute atomic E-state index is 13.5. The van der Waals surface area contributed by atoms with Gasteiger partial charge < -0.3 is 35.8 Å². The minimum atomic E-state index is -2.61. The second-order valence-electron chi connectivity index (χ2n) is 8.84. The van der Waals surface area contributed by atoms with E-state index in [-0.39, 0.29) is 35.5 Å². The van der Waals surface area contributed by atoms with Gasteiger partial charge in [0.25, 0.3) is 5.91 Å². The summed E-state index contributed by atoms with van der Waals surface area (Å²) in [7, 11) is 0. The van der Waals surface area contributed by atoms with E-state index >= 15 is 0 Å². The van der Waals surface area contributed by atoms with Gasteiger partial charge >= 0.3 is 0 Å². The highest BCUT2D eigenvalue weighted by atomic mass is 16.4. The number of benzene rings is 1. The molecule has 3 aliphatic carbocycles. The number of primary amides is 1. The summed E-state index contributed by atoms with van der Waals surface area (Å²) >= 11 is 0. The maximum Gasteiger partial charge on any atom is 0.255 e. The molecule has 0 radical (unpaired) electrons. The Balaban J connectivity index is 1.68. The van der Waals surface area contributed by atoms with Crippen LogP contribution in [-0.2, 0) is 20.8 Å². The highest BCUT2D eigenvalue weighted by Gasteiger charge is 2.60. The molecule has 0 saturated heterocycles. The smallest absolute Gasteiger partial charge is 0.255 e. The van der Waals surface area contributed by atoms with E-state index in [9.17, 15) is 34.8 Å². The zero-order valence-electron chi connectivity index (χ0n) is 18.1. The second kappa shape index (κ2) is 7.57. The summed E-state index contributed by atoms with van der Waals surface area (Å²) in [6.07, 6.45) is 0.866. The van der Waals surface area contributed by atoms with Crippen LogP contribution >= 0.6 is 0 Å². The lowest BCUT2D eigenvalue weighted by atomic mass is 9.59. The highest BCUT2D eigenvalue weighted by Crippen LogP contribution is 2.53. The molecule has 1 fully saturated rings. The molecule has 7 N–H and O–H groups in total. The van der Waals surface area contributed by atoms with E-state index in [4.69, 9.17) is 15.4 Å². The van der Waals surface area contributed by atoms with E-state index < -0.39 is 58.4 Å². The molecule has 11 nitrogen and oxygen atoms in total. The van der Waals surface area contributed by atoms with E-state index in [1.54, 1.807) is 18.2 Å². The Morgan fingerprint density at radius 1 is 1.14 bits per heavy atom. The zero-order chi connectivity index (χ0) is 25.2. The Morgan fingerprint density at radius 2 is 1.89 bits per heavy atom. The number of fused-ring (bicyclic) bond motifs is 3. The van der Waals surface area contributed by atoms with Crippen LogP contribution in [0.3, 0.4) is 0 Å². The molecule has 3 atom stereocenters. The lowest BCUT2D eigenvalue weighted by Gasteiger charge is -2.46.